The van der Waals surface area contributed by atoms with Crippen LogP contribution in [0.25, 0.3) is 0 Å². The number of aliphatic hydroxyl groups excluding tert-OH is 1. The summed E-state index contributed by atoms with van der Waals surface area (Å²) in [7, 11) is 1.54. The maximum atomic E-state index is 9.46. The Kier molecular flexibility index (Phi) is 4.62. The van der Waals surface area contributed by atoms with E-state index in [1.807, 2.05) is 19.1 Å². The van der Waals surface area contributed by atoms with E-state index in [9.17, 15) is 5.11 Å². The molecule has 16 heavy (non-hydrogen) atoms. The third kappa shape index (κ3) is 3.14. The van der Waals surface area contributed by atoms with Crippen molar-refractivity contribution in [1.29, 1.82) is 0 Å². The van der Waals surface area contributed by atoms with Gasteiger partial charge in [0.05, 0.1) is 7.11 Å². The highest BCUT2D eigenvalue weighted by atomic mass is 16.5. The van der Waals surface area contributed by atoms with E-state index in [2.05, 4.69) is 6.92 Å². The molecule has 1 rings (SSSR count). The number of hydrogen-bond donors (Lipinski definition) is 2. The number of methoxy groups -OCH3 is 1. The van der Waals surface area contributed by atoms with Crippen molar-refractivity contribution in [3.05, 3.63) is 23.8 Å². The van der Waals surface area contributed by atoms with Crippen molar-refractivity contribution in [2.45, 2.75) is 20.3 Å². The molecule has 0 aromatic heterocycles. The molecule has 0 fully saturated rings. The van der Waals surface area contributed by atoms with Gasteiger partial charge in [-0.1, -0.05) is 19.9 Å². The lowest BCUT2D eigenvalue weighted by Crippen LogP contribution is -2.14. The van der Waals surface area contributed by atoms with Crippen molar-refractivity contribution in [2.24, 2.45) is 11.8 Å². The second kappa shape index (κ2) is 5.75. The standard InChI is InChI=1S/C13H20O3/c1-9(10(2)8-14)6-11-4-5-12(15)13(7-11)16-3/h4-5,7,9-10,14-15H,6,8H2,1-3H3. The number of aliphatic hydroxyl groups is 1. The van der Waals surface area contributed by atoms with Crippen LogP contribution < -0.4 is 4.74 Å². The molecule has 0 heterocycles. The van der Waals surface area contributed by atoms with Gasteiger partial charge < -0.3 is 14.9 Å². The fraction of sp³-hybridized carbons (Fsp3) is 0.538. The van der Waals surface area contributed by atoms with Crippen LogP contribution in [-0.2, 0) is 6.42 Å². The predicted molar refractivity (Wildman–Crippen MR) is 63.8 cm³/mol. The van der Waals surface area contributed by atoms with Gasteiger partial charge >= 0.3 is 0 Å². The molecule has 90 valence electrons. The Hall–Kier alpha value is -1.22. The smallest absolute Gasteiger partial charge is 0.160 e. The molecule has 0 bridgehead atoms. The zero-order chi connectivity index (χ0) is 12.1. The first-order valence-corrected chi connectivity index (χ1v) is 5.55. The van der Waals surface area contributed by atoms with Crippen molar-refractivity contribution >= 4 is 0 Å². The van der Waals surface area contributed by atoms with Gasteiger partial charge in [0.1, 0.15) is 0 Å². The molecule has 0 spiro atoms. The molecule has 2 N–H and O–H groups in total. The molecule has 0 amide bonds. The normalized spacial score (nSPS) is 14.5. The first-order valence-electron chi connectivity index (χ1n) is 5.55. The Balaban J connectivity index is 2.74. The van der Waals surface area contributed by atoms with E-state index in [0.717, 1.165) is 12.0 Å². The fourth-order valence-electron chi connectivity index (χ4n) is 1.60. The van der Waals surface area contributed by atoms with Crippen molar-refractivity contribution in [1.82, 2.24) is 0 Å². The van der Waals surface area contributed by atoms with E-state index < -0.39 is 0 Å². The van der Waals surface area contributed by atoms with Crippen molar-refractivity contribution < 1.29 is 14.9 Å². The molecule has 0 saturated heterocycles. The Morgan fingerprint density at radius 3 is 2.50 bits per heavy atom. The van der Waals surface area contributed by atoms with E-state index >= 15 is 0 Å². The summed E-state index contributed by atoms with van der Waals surface area (Å²) in [5.41, 5.74) is 1.11. The summed E-state index contributed by atoms with van der Waals surface area (Å²) in [4.78, 5) is 0. The van der Waals surface area contributed by atoms with Crippen LogP contribution in [0, 0.1) is 11.8 Å². The summed E-state index contributed by atoms with van der Waals surface area (Å²) in [5.74, 6) is 1.34. The molecule has 0 aliphatic heterocycles. The van der Waals surface area contributed by atoms with Gasteiger partial charge in [-0.15, -0.1) is 0 Å². The first kappa shape index (κ1) is 12.8. The molecule has 3 heteroatoms. The highest BCUT2D eigenvalue weighted by Crippen LogP contribution is 2.28. The molecule has 0 saturated carbocycles. The first-order chi connectivity index (χ1) is 7.58. The maximum absolute atomic E-state index is 9.46. The lowest BCUT2D eigenvalue weighted by atomic mass is 9.90. The molecule has 1 aromatic carbocycles. The van der Waals surface area contributed by atoms with Crippen LogP contribution in [0.5, 0.6) is 11.5 Å². The van der Waals surface area contributed by atoms with E-state index in [1.165, 1.54) is 0 Å². The van der Waals surface area contributed by atoms with Crippen molar-refractivity contribution in [2.75, 3.05) is 13.7 Å². The van der Waals surface area contributed by atoms with E-state index in [1.54, 1.807) is 13.2 Å². The topological polar surface area (TPSA) is 49.7 Å². The van der Waals surface area contributed by atoms with E-state index in [-0.39, 0.29) is 18.3 Å². The van der Waals surface area contributed by atoms with Gasteiger partial charge in [0.2, 0.25) is 0 Å². The van der Waals surface area contributed by atoms with Crippen LogP contribution in [0.3, 0.4) is 0 Å². The lowest BCUT2D eigenvalue weighted by molar-refractivity contribution is 0.195. The number of ether oxygens (including phenoxy) is 1. The minimum atomic E-state index is 0.161. The van der Waals surface area contributed by atoms with E-state index in [4.69, 9.17) is 9.84 Å². The van der Waals surface area contributed by atoms with Gasteiger partial charge in [0.25, 0.3) is 0 Å². The average Bonchev–Trinajstić information content (AvgIpc) is 2.30. The highest BCUT2D eigenvalue weighted by Gasteiger charge is 2.12. The van der Waals surface area contributed by atoms with Gasteiger partial charge in [-0.25, -0.2) is 0 Å². The number of rotatable bonds is 5. The molecule has 3 nitrogen and oxygen atoms in total. The fourth-order valence-corrected chi connectivity index (χ4v) is 1.60. The number of benzene rings is 1. The van der Waals surface area contributed by atoms with Crippen LogP contribution in [0.1, 0.15) is 19.4 Å². The quantitative estimate of drug-likeness (QED) is 0.806. The van der Waals surface area contributed by atoms with Crippen LogP contribution >= 0.6 is 0 Å². The molecule has 0 aliphatic rings. The van der Waals surface area contributed by atoms with Crippen LogP contribution in [0.2, 0.25) is 0 Å². The van der Waals surface area contributed by atoms with Crippen LogP contribution in [0.4, 0.5) is 0 Å². The molecular weight excluding hydrogens is 204 g/mol. The summed E-state index contributed by atoms with van der Waals surface area (Å²) in [5, 5.41) is 18.5. The number of phenolic OH excluding ortho intramolecular Hbond substituents is 1. The summed E-state index contributed by atoms with van der Waals surface area (Å²) in [6.45, 7) is 4.35. The summed E-state index contributed by atoms with van der Waals surface area (Å²) in [6.07, 6.45) is 0.873. The third-order valence-electron chi connectivity index (χ3n) is 3.06. The Morgan fingerprint density at radius 1 is 1.25 bits per heavy atom. The number of phenols is 1. The minimum absolute atomic E-state index is 0.161. The molecule has 0 aliphatic carbocycles. The summed E-state index contributed by atoms with van der Waals surface area (Å²) in [6, 6.07) is 5.37. The molecule has 1 aromatic rings. The second-order valence-corrected chi connectivity index (χ2v) is 4.35. The third-order valence-corrected chi connectivity index (χ3v) is 3.06. The van der Waals surface area contributed by atoms with Gasteiger partial charge in [-0.2, -0.15) is 0 Å². The maximum Gasteiger partial charge on any atom is 0.160 e. The monoisotopic (exact) mass is 224 g/mol. The Bertz CT molecular complexity index is 336. The lowest BCUT2D eigenvalue weighted by Gasteiger charge is -2.18. The molecule has 2 unspecified atom stereocenters. The highest BCUT2D eigenvalue weighted by molar-refractivity contribution is 5.41. The largest absolute Gasteiger partial charge is 0.504 e. The predicted octanol–water partition coefficient (Wildman–Crippen LogP) is 2.21. The van der Waals surface area contributed by atoms with Gasteiger partial charge in [-0.05, 0) is 36.0 Å². The SMILES string of the molecule is COc1cc(CC(C)C(C)CO)ccc1O. The van der Waals surface area contributed by atoms with Gasteiger partial charge in [0.15, 0.2) is 11.5 Å². The zero-order valence-electron chi connectivity index (χ0n) is 10.1. The summed E-state index contributed by atoms with van der Waals surface area (Å²) < 4.78 is 5.05. The molecular formula is C13H20O3. The second-order valence-electron chi connectivity index (χ2n) is 4.35. The number of aromatic hydroxyl groups is 1. The Labute approximate surface area is 96.7 Å². The van der Waals surface area contributed by atoms with Crippen LogP contribution in [-0.4, -0.2) is 23.9 Å². The van der Waals surface area contributed by atoms with Gasteiger partial charge in [0, 0.05) is 6.61 Å². The number of hydrogen-bond acceptors (Lipinski definition) is 3. The van der Waals surface area contributed by atoms with Crippen LogP contribution in [0.15, 0.2) is 18.2 Å². The van der Waals surface area contributed by atoms with Gasteiger partial charge in [-0.3, -0.25) is 0 Å². The zero-order valence-corrected chi connectivity index (χ0v) is 10.1. The molecule has 0 radical (unpaired) electrons. The van der Waals surface area contributed by atoms with Crippen molar-refractivity contribution in [3.63, 3.8) is 0 Å². The van der Waals surface area contributed by atoms with Crippen molar-refractivity contribution in [3.8, 4) is 11.5 Å². The Morgan fingerprint density at radius 2 is 1.94 bits per heavy atom. The summed E-state index contributed by atoms with van der Waals surface area (Å²) >= 11 is 0. The molecule has 2 atom stereocenters. The minimum Gasteiger partial charge on any atom is -0.504 e. The van der Waals surface area contributed by atoms with E-state index in [0.29, 0.717) is 11.7 Å². The average molecular weight is 224 g/mol.